The molecule has 2 aromatic heterocycles. The van der Waals surface area contributed by atoms with Gasteiger partial charge in [-0.3, -0.25) is 4.79 Å². The third kappa shape index (κ3) is 3.05. The molecule has 2 heterocycles. The van der Waals surface area contributed by atoms with Gasteiger partial charge in [0.1, 0.15) is 11.6 Å². The maximum Gasteiger partial charge on any atom is 0.307 e. The lowest BCUT2D eigenvalue weighted by atomic mass is 9.46. The van der Waals surface area contributed by atoms with Crippen LogP contribution in [-0.2, 0) is 4.79 Å². The van der Waals surface area contributed by atoms with Gasteiger partial charge < -0.3 is 15.1 Å². The van der Waals surface area contributed by atoms with Crippen molar-refractivity contribution in [3.63, 3.8) is 0 Å². The van der Waals surface area contributed by atoms with E-state index in [1.807, 2.05) is 19.3 Å². The summed E-state index contributed by atoms with van der Waals surface area (Å²) in [6, 6.07) is 8.48. The molecule has 1 aromatic carbocycles. The van der Waals surface area contributed by atoms with Gasteiger partial charge in [-0.25, -0.2) is 9.97 Å². The summed E-state index contributed by atoms with van der Waals surface area (Å²) < 4.78 is 0. The number of allylic oxidation sites excluding steroid dienone is 4. The first-order valence-corrected chi connectivity index (χ1v) is 11.4. The van der Waals surface area contributed by atoms with E-state index in [0.29, 0.717) is 17.8 Å². The molecule has 3 unspecified atom stereocenters. The molecule has 2 fully saturated rings. The average molecular weight is 427 g/mol. The van der Waals surface area contributed by atoms with E-state index >= 15 is 0 Å². The van der Waals surface area contributed by atoms with Gasteiger partial charge in [0.15, 0.2) is 0 Å². The minimum Gasteiger partial charge on any atom is -0.481 e. The molecular formula is C26H26N4O2. The van der Waals surface area contributed by atoms with Crippen molar-refractivity contribution in [1.29, 1.82) is 0 Å². The van der Waals surface area contributed by atoms with Crippen LogP contribution in [0.4, 0.5) is 0 Å². The molecule has 5 atom stereocenters. The van der Waals surface area contributed by atoms with Gasteiger partial charge in [0.2, 0.25) is 0 Å². The highest BCUT2D eigenvalue weighted by molar-refractivity contribution is 5.77. The monoisotopic (exact) mass is 426 g/mol. The number of carboxylic acid groups (broad SMARTS) is 1. The zero-order valence-corrected chi connectivity index (χ0v) is 18.0. The van der Waals surface area contributed by atoms with Crippen molar-refractivity contribution in [2.75, 3.05) is 0 Å². The zero-order valence-electron chi connectivity index (χ0n) is 18.0. The van der Waals surface area contributed by atoms with Crippen molar-refractivity contribution in [3.05, 3.63) is 77.8 Å². The first kappa shape index (κ1) is 19.3. The summed E-state index contributed by atoms with van der Waals surface area (Å²) in [6.45, 7) is 1.97. The number of imidazole rings is 2. The van der Waals surface area contributed by atoms with Crippen LogP contribution in [0.1, 0.15) is 54.0 Å². The van der Waals surface area contributed by atoms with Crippen molar-refractivity contribution in [1.82, 2.24) is 19.9 Å². The van der Waals surface area contributed by atoms with Crippen LogP contribution in [0.25, 0.3) is 16.8 Å². The Labute approximate surface area is 186 Å². The number of aromatic amines is 2. The number of rotatable bonds is 5. The first-order chi connectivity index (χ1) is 15.6. The number of nitrogens with one attached hydrogen (secondary N) is 2. The summed E-state index contributed by atoms with van der Waals surface area (Å²) in [5, 5.41) is 9.59. The maximum atomic E-state index is 11.7. The Bertz CT molecular complexity index is 1230. The van der Waals surface area contributed by atoms with Gasteiger partial charge in [-0.05, 0) is 54.7 Å². The minimum absolute atomic E-state index is 0.0309. The van der Waals surface area contributed by atoms with Crippen LogP contribution in [0.3, 0.4) is 0 Å². The largest absolute Gasteiger partial charge is 0.481 e. The normalized spacial score (nSPS) is 28.4. The molecule has 162 valence electrons. The predicted octanol–water partition coefficient (Wildman–Crippen LogP) is 5.06. The third-order valence-corrected chi connectivity index (χ3v) is 7.64. The van der Waals surface area contributed by atoms with Gasteiger partial charge in [0.05, 0.1) is 17.8 Å². The molecule has 0 bridgehead atoms. The SMILES string of the molecule is Cc1ncc(C2C=CC(c3ccc(-c4cnc([C@@H]5C6CC[C@H]6C5C(=O)O)[nH]4)cc3)=CC2)[nH]1. The van der Waals surface area contributed by atoms with E-state index < -0.39 is 5.97 Å². The van der Waals surface area contributed by atoms with Crippen LogP contribution in [0.15, 0.2) is 54.9 Å². The molecule has 2 saturated carbocycles. The van der Waals surface area contributed by atoms with E-state index in [1.54, 1.807) is 0 Å². The highest BCUT2D eigenvalue weighted by Gasteiger charge is 2.60. The standard InChI is InChI=1S/C26H26N4O2/c1-14-27-12-21(29-14)17-6-2-15(3-7-17)16-4-8-18(9-5-16)22-13-28-25(30-22)23-19-10-11-20(19)24(23)26(31)32/h2-6,8-9,12-13,17,19-20,23-24H,7,10-11H2,1H3,(H,27,29)(H,28,30)(H,31,32)/t17?,19?,20-,23-,24?/m1/s1. The molecule has 32 heavy (non-hydrogen) atoms. The molecule has 6 heteroatoms. The maximum absolute atomic E-state index is 11.7. The number of hydrogen-bond donors (Lipinski definition) is 3. The Kier molecular flexibility index (Phi) is 4.42. The molecule has 0 saturated heterocycles. The van der Waals surface area contributed by atoms with Crippen molar-refractivity contribution in [2.24, 2.45) is 17.8 Å². The van der Waals surface area contributed by atoms with Crippen molar-refractivity contribution in [3.8, 4) is 11.3 Å². The van der Waals surface area contributed by atoms with Crippen LogP contribution in [0.2, 0.25) is 0 Å². The lowest BCUT2D eigenvalue weighted by molar-refractivity contribution is -0.163. The molecule has 3 aromatic rings. The topological polar surface area (TPSA) is 94.7 Å². The lowest BCUT2D eigenvalue weighted by Crippen LogP contribution is -2.55. The quantitative estimate of drug-likeness (QED) is 0.531. The van der Waals surface area contributed by atoms with Crippen LogP contribution in [0, 0.1) is 24.7 Å². The average Bonchev–Trinajstić information content (AvgIpc) is 3.44. The molecule has 0 radical (unpaired) electrons. The smallest absolute Gasteiger partial charge is 0.307 e. The molecule has 0 spiro atoms. The molecule has 3 N–H and O–H groups in total. The highest BCUT2D eigenvalue weighted by Crippen LogP contribution is 2.62. The Morgan fingerprint density at radius 2 is 1.81 bits per heavy atom. The Hall–Kier alpha value is -3.41. The van der Waals surface area contributed by atoms with Gasteiger partial charge in [-0.2, -0.15) is 0 Å². The minimum atomic E-state index is -0.683. The summed E-state index contributed by atoms with van der Waals surface area (Å²) in [5.74, 6) is 2.02. The van der Waals surface area contributed by atoms with Crippen molar-refractivity contribution in [2.45, 2.75) is 38.0 Å². The second-order valence-electron chi connectivity index (χ2n) is 9.34. The van der Waals surface area contributed by atoms with E-state index in [4.69, 9.17) is 0 Å². The van der Waals surface area contributed by atoms with Gasteiger partial charge in [0, 0.05) is 23.7 Å². The van der Waals surface area contributed by atoms with Gasteiger partial charge in [-0.15, -0.1) is 0 Å². The van der Waals surface area contributed by atoms with E-state index in [9.17, 15) is 9.90 Å². The Morgan fingerprint density at radius 1 is 1.03 bits per heavy atom. The van der Waals surface area contributed by atoms with E-state index in [0.717, 1.165) is 47.9 Å². The number of aliphatic carboxylic acids is 1. The van der Waals surface area contributed by atoms with E-state index in [2.05, 4.69) is 62.4 Å². The Morgan fingerprint density at radius 3 is 2.44 bits per heavy atom. The number of hydrogen-bond acceptors (Lipinski definition) is 3. The lowest BCUT2D eigenvalue weighted by Gasteiger charge is -2.56. The second kappa shape index (κ2) is 7.33. The molecule has 3 aliphatic carbocycles. The van der Waals surface area contributed by atoms with Crippen LogP contribution >= 0.6 is 0 Å². The summed E-state index contributed by atoms with van der Waals surface area (Å²) in [5.41, 5.74) is 5.58. The highest BCUT2D eigenvalue weighted by atomic mass is 16.4. The molecule has 3 aliphatic rings. The van der Waals surface area contributed by atoms with Crippen molar-refractivity contribution < 1.29 is 9.90 Å². The number of aromatic nitrogens is 4. The predicted molar refractivity (Wildman–Crippen MR) is 122 cm³/mol. The number of nitrogens with zero attached hydrogens (tertiary/aromatic N) is 2. The van der Waals surface area contributed by atoms with Gasteiger partial charge in [0.25, 0.3) is 0 Å². The fourth-order valence-electron chi connectivity index (χ4n) is 5.73. The van der Waals surface area contributed by atoms with Crippen molar-refractivity contribution >= 4 is 11.5 Å². The third-order valence-electron chi connectivity index (χ3n) is 7.64. The number of carboxylic acids is 1. The first-order valence-electron chi connectivity index (χ1n) is 11.4. The molecule has 6 rings (SSSR count). The number of benzene rings is 1. The molecule has 6 nitrogen and oxygen atoms in total. The molecule has 0 aliphatic heterocycles. The molecule has 0 amide bonds. The summed E-state index contributed by atoms with van der Waals surface area (Å²) in [6.07, 6.45) is 13.6. The number of aryl methyl sites for hydroxylation is 1. The Balaban J connectivity index is 1.16. The van der Waals surface area contributed by atoms with Crippen LogP contribution in [-0.4, -0.2) is 31.0 Å². The summed E-state index contributed by atoms with van der Waals surface area (Å²) in [4.78, 5) is 27.3. The zero-order chi connectivity index (χ0) is 21.8. The van der Waals surface area contributed by atoms with E-state index in [1.165, 1.54) is 11.1 Å². The fraction of sp³-hybridized carbons (Fsp3) is 0.346. The second-order valence-corrected chi connectivity index (χ2v) is 9.34. The summed E-state index contributed by atoms with van der Waals surface area (Å²) >= 11 is 0. The number of fused-ring (bicyclic) bond motifs is 1. The number of carbonyl (C=O) groups is 1. The summed E-state index contributed by atoms with van der Waals surface area (Å²) in [7, 11) is 0. The molecular weight excluding hydrogens is 400 g/mol. The van der Waals surface area contributed by atoms with Crippen LogP contribution < -0.4 is 0 Å². The number of H-pyrrole nitrogens is 2. The van der Waals surface area contributed by atoms with Gasteiger partial charge in [-0.1, -0.05) is 42.5 Å². The van der Waals surface area contributed by atoms with Gasteiger partial charge >= 0.3 is 5.97 Å². The van der Waals surface area contributed by atoms with E-state index in [-0.39, 0.29) is 11.8 Å². The fourth-order valence-corrected chi connectivity index (χ4v) is 5.73. The van der Waals surface area contributed by atoms with Crippen LogP contribution in [0.5, 0.6) is 0 Å².